The molecule has 0 spiro atoms. The van der Waals surface area contributed by atoms with Crippen molar-refractivity contribution in [2.45, 2.75) is 44.0 Å². The third kappa shape index (κ3) is 6.67. The minimum atomic E-state index is -0.918. The van der Waals surface area contributed by atoms with Crippen LogP contribution >= 0.6 is 11.8 Å². The lowest BCUT2D eigenvalue weighted by molar-refractivity contribution is -0.137. The average Bonchev–Trinajstić information content (AvgIpc) is 2.44. The first-order valence-electron chi connectivity index (χ1n) is 7.07. The number of hydrogen-bond acceptors (Lipinski definition) is 3. The van der Waals surface area contributed by atoms with E-state index in [1.165, 1.54) is 0 Å². The summed E-state index contributed by atoms with van der Waals surface area (Å²) in [6.45, 7) is 4.12. The molecule has 21 heavy (non-hydrogen) atoms. The second kappa shape index (κ2) is 8.72. The predicted molar refractivity (Wildman–Crippen MR) is 85.4 cm³/mol. The van der Waals surface area contributed by atoms with Gasteiger partial charge in [-0.2, -0.15) is 0 Å². The Balaban J connectivity index is 2.74. The lowest BCUT2D eigenvalue weighted by Gasteiger charge is -2.18. The number of amides is 1. The minimum absolute atomic E-state index is 0.0936. The number of aliphatic carboxylic acids is 1. The molecule has 0 aromatic heterocycles. The molecule has 0 aliphatic rings. The fourth-order valence-corrected chi connectivity index (χ4v) is 2.36. The van der Waals surface area contributed by atoms with Crippen LogP contribution in [-0.2, 0) is 9.59 Å². The van der Waals surface area contributed by atoms with E-state index in [4.69, 9.17) is 5.11 Å². The third-order valence-corrected chi connectivity index (χ3v) is 3.92. The summed E-state index contributed by atoms with van der Waals surface area (Å²) in [7, 11) is 0. The first-order chi connectivity index (χ1) is 9.92. The van der Waals surface area contributed by atoms with Gasteiger partial charge >= 0.3 is 5.97 Å². The first-order valence-corrected chi connectivity index (χ1v) is 8.30. The quantitative estimate of drug-likeness (QED) is 0.722. The van der Waals surface area contributed by atoms with E-state index in [0.717, 1.165) is 16.9 Å². The van der Waals surface area contributed by atoms with Crippen molar-refractivity contribution < 1.29 is 14.7 Å². The molecule has 1 amide bonds. The fraction of sp³-hybridized carbons (Fsp3) is 0.500. The van der Waals surface area contributed by atoms with Gasteiger partial charge in [-0.3, -0.25) is 9.59 Å². The van der Waals surface area contributed by atoms with E-state index in [0.29, 0.717) is 12.3 Å². The summed E-state index contributed by atoms with van der Waals surface area (Å²) in [5, 5.41) is 11.9. The maximum Gasteiger partial charge on any atom is 0.305 e. The normalized spacial score (nSPS) is 12.2. The molecule has 0 aliphatic carbocycles. The van der Waals surface area contributed by atoms with Crippen LogP contribution in [-0.4, -0.2) is 23.2 Å². The molecule has 0 bridgehead atoms. The van der Waals surface area contributed by atoms with Crippen LogP contribution in [0.3, 0.4) is 0 Å². The van der Waals surface area contributed by atoms with Gasteiger partial charge in [0.1, 0.15) is 0 Å². The summed E-state index contributed by atoms with van der Waals surface area (Å²) in [6.07, 6.45) is 3.11. The summed E-state index contributed by atoms with van der Waals surface area (Å²) in [4.78, 5) is 24.0. The van der Waals surface area contributed by atoms with Gasteiger partial charge in [-0.25, -0.2) is 0 Å². The maximum atomic E-state index is 11.9. The first kappa shape index (κ1) is 17.6. The van der Waals surface area contributed by atoms with E-state index in [-0.39, 0.29) is 12.3 Å². The Morgan fingerprint density at radius 1 is 1.24 bits per heavy atom. The molecular weight excluding hydrogens is 286 g/mol. The summed E-state index contributed by atoms with van der Waals surface area (Å²) >= 11 is 1.62. The van der Waals surface area contributed by atoms with Crippen molar-refractivity contribution in [1.29, 1.82) is 0 Å². The highest BCUT2D eigenvalue weighted by atomic mass is 32.2. The monoisotopic (exact) mass is 309 g/mol. The maximum absolute atomic E-state index is 11.9. The van der Waals surface area contributed by atoms with Gasteiger partial charge in [-0.1, -0.05) is 26.0 Å². The smallest absolute Gasteiger partial charge is 0.305 e. The molecule has 4 nitrogen and oxygen atoms in total. The zero-order valence-corrected chi connectivity index (χ0v) is 13.6. The Labute approximate surface area is 130 Å². The van der Waals surface area contributed by atoms with Gasteiger partial charge in [0.25, 0.3) is 0 Å². The number of rotatable bonds is 8. The number of nitrogens with one attached hydrogen (secondary N) is 1. The molecule has 0 heterocycles. The number of thioether (sulfide) groups is 1. The minimum Gasteiger partial charge on any atom is -0.481 e. The second-order valence-electron chi connectivity index (χ2n) is 5.42. The van der Waals surface area contributed by atoms with Crippen LogP contribution in [0, 0.1) is 5.92 Å². The molecule has 1 atom stereocenters. The lowest BCUT2D eigenvalue weighted by atomic mass is 10.0. The van der Waals surface area contributed by atoms with E-state index < -0.39 is 12.0 Å². The zero-order valence-electron chi connectivity index (χ0n) is 12.8. The molecular formula is C16H23NO3S. The molecule has 0 aliphatic heterocycles. The SMILES string of the molecule is CSc1ccc(C(CC(=O)O)NC(=O)CCC(C)C)cc1. The van der Waals surface area contributed by atoms with Crippen LogP contribution < -0.4 is 5.32 Å². The van der Waals surface area contributed by atoms with Crippen LogP contribution in [0.4, 0.5) is 0 Å². The van der Waals surface area contributed by atoms with Crippen molar-refractivity contribution in [2.24, 2.45) is 5.92 Å². The fourth-order valence-electron chi connectivity index (χ4n) is 1.95. The molecule has 1 aromatic rings. The second-order valence-corrected chi connectivity index (χ2v) is 6.30. The van der Waals surface area contributed by atoms with E-state index >= 15 is 0 Å². The van der Waals surface area contributed by atoms with Gasteiger partial charge in [0, 0.05) is 11.3 Å². The van der Waals surface area contributed by atoms with Gasteiger partial charge < -0.3 is 10.4 Å². The average molecular weight is 309 g/mol. The molecule has 1 aromatic carbocycles. The molecule has 0 radical (unpaired) electrons. The Bertz CT molecular complexity index is 471. The van der Waals surface area contributed by atoms with E-state index in [9.17, 15) is 9.59 Å². The largest absolute Gasteiger partial charge is 0.481 e. The number of hydrogen-bond donors (Lipinski definition) is 2. The summed E-state index contributed by atoms with van der Waals surface area (Å²) in [6, 6.07) is 7.16. The van der Waals surface area contributed by atoms with Gasteiger partial charge in [-0.05, 0) is 36.3 Å². The molecule has 1 unspecified atom stereocenters. The van der Waals surface area contributed by atoms with Crippen molar-refractivity contribution in [3.05, 3.63) is 29.8 Å². The number of carbonyl (C=O) groups excluding carboxylic acids is 1. The number of carboxylic acid groups (broad SMARTS) is 1. The molecule has 1 rings (SSSR count). The van der Waals surface area contributed by atoms with Crippen LogP contribution in [0.1, 0.15) is 44.7 Å². The third-order valence-electron chi connectivity index (χ3n) is 3.18. The molecule has 0 fully saturated rings. The van der Waals surface area contributed by atoms with Gasteiger partial charge in [0.2, 0.25) is 5.91 Å². The summed E-state index contributed by atoms with van der Waals surface area (Å²) < 4.78 is 0. The van der Waals surface area contributed by atoms with Gasteiger partial charge in [-0.15, -0.1) is 11.8 Å². The van der Waals surface area contributed by atoms with Crippen molar-refractivity contribution in [2.75, 3.05) is 6.26 Å². The Morgan fingerprint density at radius 3 is 2.33 bits per heavy atom. The van der Waals surface area contributed by atoms with Crippen LogP contribution in [0.15, 0.2) is 29.2 Å². The van der Waals surface area contributed by atoms with Crippen LogP contribution in [0.25, 0.3) is 0 Å². The van der Waals surface area contributed by atoms with Crippen LogP contribution in [0.5, 0.6) is 0 Å². The molecule has 5 heteroatoms. The predicted octanol–water partition coefficient (Wildman–Crippen LogP) is 3.48. The molecule has 116 valence electrons. The molecule has 2 N–H and O–H groups in total. The highest BCUT2D eigenvalue weighted by Crippen LogP contribution is 2.21. The topological polar surface area (TPSA) is 66.4 Å². The summed E-state index contributed by atoms with van der Waals surface area (Å²) in [5.74, 6) is -0.559. The van der Waals surface area contributed by atoms with E-state index in [2.05, 4.69) is 19.2 Å². The number of carbonyl (C=O) groups is 2. The zero-order chi connectivity index (χ0) is 15.8. The Kier molecular flexibility index (Phi) is 7.29. The van der Waals surface area contributed by atoms with Gasteiger partial charge in [0.05, 0.1) is 12.5 Å². The van der Waals surface area contributed by atoms with Crippen molar-refractivity contribution in [3.8, 4) is 0 Å². The highest BCUT2D eigenvalue weighted by molar-refractivity contribution is 7.98. The van der Waals surface area contributed by atoms with Crippen LogP contribution in [0.2, 0.25) is 0 Å². The Morgan fingerprint density at radius 2 is 1.86 bits per heavy atom. The summed E-state index contributed by atoms with van der Waals surface area (Å²) in [5.41, 5.74) is 0.827. The van der Waals surface area contributed by atoms with Crippen molar-refractivity contribution in [3.63, 3.8) is 0 Å². The molecule has 0 saturated carbocycles. The highest BCUT2D eigenvalue weighted by Gasteiger charge is 2.18. The lowest BCUT2D eigenvalue weighted by Crippen LogP contribution is -2.30. The number of benzene rings is 1. The standard InChI is InChI=1S/C16H23NO3S/c1-11(2)4-9-15(18)17-14(10-16(19)20)12-5-7-13(21-3)8-6-12/h5-8,11,14H,4,9-10H2,1-3H3,(H,17,18)(H,19,20). The van der Waals surface area contributed by atoms with Gasteiger partial charge in [0.15, 0.2) is 0 Å². The molecule has 0 saturated heterocycles. The Hall–Kier alpha value is -1.49. The van der Waals surface area contributed by atoms with Crippen molar-refractivity contribution >= 4 is 23.6 Å². The van der Waals surface area contributed by atoms with E-state index in [1.54, 1.807) is 11.8 Å². The van der Waals surface area contributed by atoms with Crippen molar-refractivity contribution in [1.82, 2.24) is 5.32 Å². The number of carboxylic acids is 1. The van der Waals surface area contributed by atoms with E-state index in [1.807, 2.05) is 30.5 Å².